The zero-order chi connectivity index (χ0) is 9.84. The minimum Gasteiger partial charge on any atom is -0.387 e. The van der Waals surface area contributed by atoms with Crippen molar-refractivity contribution in [3.8, 4) is 0 Å². The molecule has 0 bridgehead atoms. The number of aromatic nitrogens is 1. The topological polar surface area (TPSA) is 33.1 Å². The lowest BCUT2D eigenvalue weighted by molar-refractivity contribution is 0.161. The summed E-state index contributed by atoms with van der Waals surface area (Å²) in [6.07, 6.45) is 2.92. The highest BCUT2D eigenvalue weighted by molar-refractivity contribution is 9.11. The van der Waals surface area contributed by atoms with Gasteiger partial charge in [-0.2, -0.15) is 0 Å². The highest BCUT2D eigenvalue weighted by atomic mass is 79.9. The molecule has 0 aliphatic carbocycles. The molecule has 0 amide bonds. The summed E-state index contributed by atoms with van der Waals surface area (Å²) in [7, 11) is 0. The van der Waals surface area contributed by atoms with Crippen LogP contribution in [0.4, 0.5) is 0 Å². The second kappa shape index (κ2) is 5.08. The van der Waals surface area contributed by atoms with E-state index >= 15 is 0 Å². The Hall–Kier alpha value is 0.0700. The standard InChI is InChI=1S/C9H11Br2NO/c1-2-3-8(13)9-7(11)4-6(10)5-12-9/h4-5,8,13H,2-3H2,1H3/t8-/m0/s1. The van der Waals surface area contributed by atoms with Gasteiger partial charge in [0.25, 0.3) is 0 Å². The van der Waals surface area contributed by atoms with E-state index in [1.54, 1.807) is 6.20 Å². The Balaban J connectivity index is 2.88. The quantitative estimate of drug-likeness (QED) is 0.928. The molecule has 0 unspecified atom stereocenters. The zero-order valence-corrected chi connectivity index (χ0v) is 10.5. The van der Waals surface area contributed by atoms with Crippen molar-refractivity contribution in [1.29, 1.82) is 0 Å². The van der Waals surface area contributed by atoms with Crippen LogP contribution in [-0.2, 0) is 0 Å². The van der Waals surface area contributed by atoms with Gasteiger partial charge >= 0.3 is 0 Å². The van der Waals surface area contributed by atoms with E-state index in [1.165, 1.54) is 0 Å². The van der Waals surface area contributed by atoms with E-state index < -0.39 is 6.10 Å². The normalized spacial score (nSPS) is 12.9. The second-order valence-electron chi connectivity index (χ2n) is 2.83. The molecule has 0 saturated heterocycles. The molecule has 72 valence electrons. The Morgan fingerprint density at radius 2 is 2.23 bits per heavy atom. The van der Waals surface area contributed by atoms with Crippen LogP contribution in [-0.4, -0.2) is 10.1 Å². The maximum absolute atomic E-state index is 9.68. The molecule has 0 spiro atoms. The summed E-state index contributed by atoms with van der Waals surface area (Å²) in [5.74, 6) is 0. The van der Waals surface area contributed by atoms with Gasteiger partial charge in [0.1, 0.15) is 0 Å². The predicted octanol–water partition coefficient (Wildman–Crippen LogP) is 3.44. The third-order valence-electron chi connectivity index (χ3n) is 1.71. The molecule has 1 atom stereocenters. The Kier molecular flexibility index (Phi) is 4.35. The molecule has 1 aromatic heterocycles. The van der Waals surface area contributed by atoms with Gasteiger partial charge in [0, 0.05) is 15.1 Å². The highest BCUT2D eigenvalue weighted by Crippen LogP contribution is 2.26. The van der Waals surface area contributed by atoms with E-state index in [0.717, 1.165) is 21.8 Å². The van der Waals surface area contributed by atoms with Crippen LogP contribution in [0.2, 0.25) is 0 Å². The molecule has 0 radical (unpaired) electrons. The number of nitrogens with zero attached hydrogens (tertiary/aromatic N) is 1. The largest absolute Gasteiger partial charge is 0.387 e. The summed E-state index contributed by atoms with van der Waals surface area (Å²) in [6.45, 7) is 2.04. The maximum Gasteiger partial charge on any atom is 0.0971 e. The predicted molar refractivity (Wildman–Crippen MR) is 59.5 cm³/mol. The van der Waals surface area contributed by atoms with E-state index in [-0.39, 0.29) is 0 Å². The van der Waals surface area contributed by atoms with Gasteiger partial charge in [-0.15, -0.1) is 0 Å². The first-order valence-corrected chi connectivity index (χ1v) is 5.72. The van der Waals surface area contributed by atoms with Gasteiger partial charge in [0.15, 0.2) is 0 Å². The van der Waals surface area contributed by atoms with Gasteiger partial charge in [0.2, 0.25) is 0 Å². The summed E-state index contributed by atoms with van der Waals surface area (Å²) in [5.41, 5.74) is 0.713. The lowest BCUT2D eigenvalue weighted by atomic mass is 10.1. The summed E-state index contributed by atoms with van der Waals surface area (Å²) < 4.78 is 1.76. The molecule has 0 fully saturated rings. The van der Waals surface area contributed by atoms with E-state index in [9.17, 15) is 5.11 Å². The average molecular weight is 309 g/mol. The minimum absolute atomic E-state index is 0.465. The van der Waals surface area contributed by atoms with Crippen LogP contribution in [0.15, 0.2) is 21.2 Å². The van der Waals surface area contributed by atoms with Crippen LogP contribution in [0.25, 0.3) is 0 Å². The smallest absolute Gasteiger partial charge is 0.0971 e. The van der Waals surface area contributed by atoms with Crippen molar-refractivity contribution in [2.45, 2.75) is 25.9 Å². The van der Waals surface area contributed by atoms with E-state index in [0.29, 0.717) is 5.69 Å². The minimum atomic E-state index is -0.465. The van der Waals surface area contributed by atoms with Crippen molar-refractivity contribution in [1.82, 2.24) is 4.98 Å². The highest BCUT2D eigenvalue weighted by Gasteiger charge is 2.11. The molecule has 1 aromatic rings. The number of rotatable bonds is 3. The SMILES string of the molecule is CCC[C@H](O)c1ncc(Br)cc1Br. The molecule has 0 aliphatic heterocycles. The van der Waals surface area contributed by atoms with Crippen LogP contribution < -0.4 is 0 Å². The summed E-state index contributed by atoms with van der Waals surface area (Å²) in [4.78, 5) is 4.15. The Bertz CT molecular complexity index is 291. The molecule has 0 saturated carbocycles. The Labute approximate surface area is 94.6 Å². The molecule has 0 aliphatic rings. The molecule has 1 N–H and O–H groups in total. The van der Waals surface area contributed by atoms with Crippen molar-refractivity contribution >= 4 is 31.9 Å². The van der Waals surface area contributed by atoms with E-state index in [1.807, 2.05) is 13.0 Å². The van der Waals surface area contributed by atoms with Gasteiger partial charge in [0.05, 0.1) is 11.8 Å². The molecule has 0 aromatic carbocycles. The number of halogens is 2. The average Bonchev–Trinajstić information content (AvgIpc) is 2.04. The number of aliphatic hydroxyl groups is 1. The number of hydrogen-bond donors (Lipinski definition) is 1. The Morgan fingerprint density at radius 3 is 2.77 bits per heavy atom. The summed E-state index contributed by atoms with van der Waals surface area (Å²) in [5, 5.41) is 9.68. The van der Waals surface area contributed by atoms with Gasteiger partial charge in [-0.25, -0.2) is 0 Å². The lowest BCUT2D eigenvalue weighted by Gasteiger charge is -2.10. The van der Waals surface area contributed by atoms with Crippen LogP contribution in [0, 0.1) is 0 Å². The molecule has 2 nitrogen and oxygen atoms in total. The first-order valence-electron chi connectivity index (χ1n) is 4.14. The van der Waals surface area contributed by atoms with Crippen molar-refractivity contribution in [2.24, 2.45) is 0 Å². The van der Waals surface area contributed by atoms with E-state index in [2.05, 4.69) is 36.8 Å². The third-order valence-corrected chi connectivity index (χ3v) is 2.78. The summed E-state index contributed by atoms with van der Waals surface area (Å²) >= 11 is 6.68. The zero-order valence-electron chi connectivity index (χ0n) is 7.30. The number of pyridine rings is 1. The fourth-order valence-electron chi connectivity index (χ4n) is 1.08. The maximum atomic E-state index is 9.68. The van der Waals surface area contributed by atoms with Crippen LogP contribution >= 0.6 is 31.9 Å². The fraction of sp³-hybridized carbons (Fsp3) is 0.444. The van der Waals surface area contributed by atoms with Crippen molar-refractivity contribution in [3.05, 3.63) is 26.9 Å². The molecule has 13 heavy (non-hydrogen) atoms. The molecule has 4 heteroatoms. The fourth-order valence-corrected chi connectivity index (χ4v) is 2.33. The van der Waals surface area contributed by atoms with Gasteiger partial charge < -0.3 is 5.11 Å². The molecule has 1 rings (SSSR count). The molecule has 1 heterocycles. The Morgan fingerprint density at radius 1 is 1.54 bits per heavy atom. The number of hydrogen-bond acceptors (Lipinski definition) is 2. The van der Waals surface area contributed by atoms with Gasteiger partial charge in [-0.05, 0) is 44.3 Å². The first-order chi connectivity index (χ1) is 6.15. The second-order valence-corrected chi connectivity index (χ2v) is 4.60. The van der Waals surface area contributed by atoms with Gasteiger partial charge in [-0.3, -0.25) is 4.98 Å². The van der Waals surface area contributed by atoms with Crippen molar-refractivity contribution in [3.63, 3.8) is 0 Å². The van der Waals surface area contributed by atoms with Crippen molar-refractivity contribution in [2.75, 3.05) is 0 Å². The molecular weight excluding hydrogens is 298 g/mol. The van der Waals surface area contributed by atoms with Crippen LogP contribution in [0.3, 0.4) is 0 Å². The third kappa shape index (κ3) is 3.04. The van der Waals surface area contributed by atoms with Crippen LogP contribution in [0.5, 0.6) is 0 Å². The monoisotopic (exact) mass is 307 g/mol. The van der Waals surface area contributed by atoms with Crippen LogP contribution in [0.1, 0.15) is 31.6 Å². The first kappa shape index (κ1) is 11.1. The number of aliphatic hydroxyl groups excluding tert-OH is 1. The van der Waals surface area contributed by atoms with Gasteiger partial charge in [-0.1, -0.05) is 13.3 Å². The molecular formula is C9H11Br2NO. The lowest BCUT2D eigenvalue weighted by Crippen LogP contribution is -2.00. The summed E-state index contributed by atoms with van der Waals surface area (Å²) in [6, 6.07) is 1.89. The van der Waals surface area contributed by atoms with E-state index in [4.69, 9.17) is 0 Å². The van der Waals surface area contributed by atoms with Crippen molar-refractivity contribution < 1.29 is 5.11 Å².